The van der Waals surface area contributed by atoms with Crippen molar-refractivity contribution in [2.75, 3.05) is 4.61 Å². The number of hydrogen-bond acceptors (Lipinski definition) is 3. The Kier molecular flexibility index (Phi) is 6.41. The van der Waals surface area contributed by atoms with Crippen molar-refractivity contribution < 1.29 is 9.47 Å². The Hall–Kier alpha value is 0.420. The third-order valence-corrected chi connectivity index (χ3v) is 1.57. The van der Waals surface area contributed by atoms with Crippen LogP contribution in [0, 0.1) is 0 Å². The van der Waals surface area contributed by atoms with Crippen LogP contribution in [0.15, 0.2) is 0 Å². The molecule has 0 fully saturated rings. The zero-order chi connectivity index (χ0) is 7.98. The van der Waals surface area contributed by atoms with Gasteiger partial charge in [-0.3, -0.25) is 0 Å². The molecule has 60 valence electrons. The molecule has 0 amide bonds. The maximum atomic E-state index is 5.14. The lowest BCUT2D eigenvalue weighted by Crippen LogP contribution is -2.14. The number of rotatable bonds is 3. The third-order valence-electron chi connectivity index (χ3n) is 1.04. The fourth-order valence-corrected chi connectivity index (χ4v) is 1.04. The van der Waals surface area contributed by atoms with E-state index < -0.39 is 0 Å². The van der Waals surface area contributed by atoms with E-state index in [1.165, 1.54) is 0 Å². The molecule has 0 aliphatic heterocycles. The number of halogens is 1. The van der Waals surface area contributed by atoms with Crippen molar-refractivity contribution in [3.63, 3.8) is 0 Å². The average molecular weight is 274 g/mol. The molecule has 0 saturated heterocycles. The molecule has 0 spiro atoms. The van der Waals surface area contributed by atoms with E-state index in [1.54, 1.807) is 0 Å². The van der Waals surface area contributed by atoms with Gasteiger partial charge in [-0.1, -0.05) is 6.92 Å². The number of thiocarbonyl (C=S) groups is 1. The highest BCUT2D eigenvalue weighted by molar-refractivity contribution is 14.1. The molecule has 0 aromatic rings. The summed E-state index contributed by atoms with van der Waals surface area (Å²) in [6.07, 6.45) is 1.11. The highest BCUT2D eigenvalue weighted by atomic mass is 127. The normalized spacial score (nSPS) is 12.3. The van der Waals surface area contributed by atoms with Crippen LogP contribution in [-0.2, 0) is 9.47 Å². The summed E-state index contributed by atoms with van der Waals surface area (Å²) in [5, 5.41) is 0.253. The van der Waals surface area contributed by atoms with Crippen molar-refractivity contribution in [2.24, 2.45) is 0 Å². The van der Waals surface area contributed by atoms with E-state index in [-0.39, 0.29) is 11.3 Å². The van der Waals surface area contributed by atoms with Crippen molar-refractivity contribution in [1.29, 1.82) is 0 Å². The molecule has 0 bridgehead atoms. The highest BCUT2D eigenvalue weighted by Gasteiger charge is 2.02. The second kappa shape index (κ2) is 6.15. The summed E-state index contributed by atoms with van der Waals surface area (Å²) in [6.45, 7) is 4.00. The van der Waals surface area contributed by atoms with Crippen molar-refractivity contribution >= 4 is 40.0 Å². The molecule has 0 aliphatic rings. The predicted octanol–water partition coefficient (Wildman–Crippen LogP) is 2.50. The van der Waals surface area contributed by atoms with Gasteiger partial charge in [0, 0.05) is 12.2 Å². The molecule has 10 heavy (non-hydrogen) atoms. The minimum absolute atomic E-state index is 0.162. The van der Waals surface area contributed by atoms with Crippen LogP contribution in [0.2, 0.25) is 0 Å². The molecule has 2 nitrogen and oxygen atoms in total. The fraction of sp³-hybridized carbons (Fsp3) is 0.833. The Morgan fingerprint density at radius 3 is 2.70 bits per heavy atom. The van der Waals surface area contributed by atoms with Crippen molar-refractivity contribution in [3.8, 4) is 0 Å². The molecule has 0 saturated carbocycles. The lowest BCUT2D eigenvalue weighted by Gasteiger charge is -2.11. The molecule has 1 atom stereocenters. The first-order chi connectivity index (χ1) is 4.70. The first-order valence-corrected chi connectivity index (χ1v) is 5.03. The van der Waals surface area contributed by atoms with E-state index >= 15 is 0 Å². The van der Waals surface area contributed by atoms with Gasteiger partial charge in [-0.2, -0.15) is 0 Å². The van der Waals surface area contributed by atoms with E-state index in [4.69, 9.17) is 21.7 Å². The van der Waals surface area contributed by atoms with Crippen molar-refractivity contribution in [3.05, 3.63) is 0 Å². The lowest BCUT2D eigenvalue weighted by molar-refractivity contribution is 0.143. The maximum Gasteiger partial charge on any atom is 0.353 e. The van der Waals surface area contributed by atoms with Crippen LogP contribution in [0.3, 0.4) is 0 Å². The predicted molar refractivity (Wildman–Crippen MR) is 53.4 cm³/mol. The van der Waals surface area contributed by atoms with E-state index in [1.807, 2.05) is 13.8 Å². The second-order valence-corrected chi connectivity index (χ2v) is 2.80. The van der Waals surface area contributed by atoms with Crippen LogP contribution in [-0.4, -0.2) is 16.0 Å². The molecule has 1 unspecified atom stereocenters. The summed E-state index contributed by atoms with van der Waals surface area (Å²) < 4.78 is 10.6. The largest absolute Gasteiger partial charge is 0.454 e. The molecule has 0 rings (SSSR count). The first kappa shape index (κ1) is 10.4. The van der Waals surface area contributed by atoms with Gasteiger partial charge in [-0.05, 0) is 35.9 Å². The average Bonchev–Trinajstić information content (AvgIpc) is 1.88. The quantitative estimate of drug-likeness (QED) is 0.447. The molecular weight excluding hydrogens is 263 g/mol. The van der Waals surface area contributed by atoms with E-state index in [2.05, 4.69) is 22.6 Å². The van der Waals surface area contributed by atoms with Gasteiger partial charge >= 0.3 is 5.24 Å². The zero-order valence-electron chi connectivity index (χ0n) is 6.09. The topological polar surface area (TPSA) is 18.5 Å². The van der Waals surface area contributed by atoms with Crippen LogP contribution >= 0.6 is 34.8 Å². The molecule has 0 aromatic heterocycles. The smallest absolute Gasteiger partial charge is 0.353 e. The standard InChI is InChI=1S/C6H11IO2S/c1-3-5(2)9-6(10)8-4-7/h5H,3-4H2,1-2H3. The summed E-state index contributed by atoms with van der Waals surface area (Å²) in [4.78, 5) is 0. The van der Waals surface area contributed by atoms with Crippen molar-refractivity contribution in [1.82, 2.24) is 0 Å². The van der Waals surface area contributed by atoms with E-state index in [0.29, 0.717) is 4.61 Å². The van der Waals surface area contributed by atoms with Gasteiger partial charge in [0.05, 0.1) is 6.10 Å². The summed E-state index contributed by atoms with van der Waals surface area (Å²) in [7, 11) is 0. The fourth-order valence-electron chi connectivity index (χ4n) is 0.326. The number of ether oxygens (including phenoxy) is 2. The summed E-state index contributed by atoms with van der Waals surface area (Å²) in [5.74, 6) is 0. The summed E-state index contributed by atoms with van der Waals surface area (Å²) >= 11 is 6.82. The Labute approximate surface area is 80.4 Å². The van der Waals surface area contributed by atoms with Crippen molar-refractivity contribution in [2.45, 2.75) is 26.4 Å². The summed E-state index contributed by atoms with van der Waals surface area (Å²) in [6, 6.07) is 0. The Bertz CT molecular complexity index is 108. The molecule has 4 heteroatoms. The van der Waals surface area contributed by atoms with E-state index in [0.717, 1.165) is 6.42 Å². The van der Waals surface area contributed by atoms with Gasteiger partial charge in [-0.15, -0.1) is 0 Å². The van der Waals surface area contributed by atoms with Gasteiger partial charge in [0.1, 0.15) is 4.61 Å². The van der Waals surface area contributed by atoms with Gasteiger partial charge in [0.2, 0.25) is 0 Å². The molecule has 0 aromatic carbocycles. The van der Waals surface area contributed by atoms with Gasteiger partial charge in [-0.25, -0.2) is 0 Å². The van der Waals surface area contributed by atoms with Gasteiger partial charge < -0.3 is 9.47 Å². The Balaban J connectivity index is 3.37. The van der Waals surface area contributed by atoms with Gasteiger partial charge in [0.15, 0.2) is 0 Å². The monoisotopic (exact) mass is 274 g/mol. The maximum absolute atomic E-state index is 5.14. The van der Waals surface area contributed by atoms with Crippen LogP contribution in [0.1, 0.15) is 20.3 Å². The van der Waals surface area contributed by atoms with E-state index in [9.17, 15) is 0 Å². The molecule has 0 heterocycles. The molecule has 0 N–H and O–H groups in total. The van der Waals surface area contributed by atoms with Crippen LogP contribution < -0.4 is 0 Å². The van der Waals surface area contributed by atoms with Gasteiger partial charge in [0.25, 0.3) is 0 Å². The Morgan fingerprint density at radius 1 is 1.70 bits per heavy atom. The highest BCUT2D eigenvalue weighted by Crippen LogP contribution is 1.99. The van der Waals surface area contributed by atoms with Crippen LogP contribution in [0.5, 0.6) is 0 Å². The van der Waals surface area contributed by atoms with Crippen LogP contribution in [0.25, 0.3) is 0 Å². The zero-order valence-corrected chi connectivity index (χ0v) is 9.07. The molecule has 0 radical (unpaired) electrons. The minimum atomic E-state index is 0.162. The first-order valence-electron chi connectivity index (χ1n) is 3.10. The minimum Gasteiger partial charge on any atom is -0.454 e. The Morgan fingerprint density at radius 2 is 2.30 bits per heavy atom. The summed E-state index contributed by atoms with van der Waals surface area (Å²) in [5.41, 5.74) is 0. The SMILES string of the molecule is CCC(C)OC(=S)OCI. The third kappa shape index (κ3) is 5.22. The number of hydrogen-bond donors (Lipinski definition) is 0. The number of alkyl halides is 1. The van der Waals surface area contributed by atoms with Crippen LogP contribution in [0.4, 0.5) is 0 Å². The second-order valence-electron chi connectivity index (χ2n) is 1.84. The molecule has 0 aliphatic carbocycles. The lowest BCUT2D eigenvalue weighted by atomic mass is 10.3. The molecular formula is C6H11IO2S.